The Labute approximate surface area is 207 Å². The molecule has 0 aliphatic carbocycles. The van der Waals surface area contributed by atoms with E-state index in [2.05, 4.69) is 57.0 Å². The average molecular weight is 574 g/mol. The number of likely N-dealkylation sites (N-methyl/N-ethyl adjacent to an activating group) is 1. The highest BCUT2D eigenvalue weighted by Crippen LogP contribution is 2.29. The predicted octanol–water partition coefficient (Wildman–Crippen LogP) is 3.76. The Morgan fingerprint density at radius 2 is 2.06 bits per heavy atom. The molecule has 1 aliphatic rings. The summed E-state index contributed by atoms with van der Waals surface area (Å²) in [7, 11) is 2.03. The molecule has 4 aromatic rings. The highest BCUT2D eigenvalue weighted by molar-refractivity contribution is 9.11. The molecular weight excluding hydrogens is 552 g/mol. The Balaban J connectivity index is 1.36. The van der Waals surface area contributed by atoms with E-state index in [1.807, 2.05) is 42.3 Å². The van der Waals surface area contributed by atoms with Crippen LogP contribution in [0.2, 0.25) is 0 Å². The third-order valence-electron chi connectivity index (χ3n) is 6.01. The third kappa shape index (κ3) is 4.30. The van der Waals surface area contributed by atoms with E-state index in [0.717, 1.165) is 31.9 Å². The molecular formula is C23H22Br2N6O2. The SMILES string of the molecule is CN1CCN(C(=O)c2cc3cc(Br)cc(Br)c3[nH]2)C(CNC(=O)c2cccc3[nH]cnc23)C1. The van der Waals surface area contributed by atoms with Crippen LogP contribution in [0.4, 0.5) is 0 Å². The summed E-state index contributed by atoms with van der Waals surface area (Å²) in [5.41, 5.74) is 3.38. The molecule has 5 rings (SSSR count). The van der Waals surface area contributed by atoms with Crippen molar-refractivity contribution in [3.8, 4) is 0 Å². The number of amides is 2. The number of piperazine rings is 1. The zero-order valence-corrected chi connectivity index (χ0v) is 21.0. The van der Waals surface area contributed by atoms with Crippen LogP contribution in [0.3, 0.4) is 0 Å². The number of para-hydroxylation sites is 1. The van der Waals surface area contributed by atoms with Crippen molar-refractivity contribution in [1.29, 1.82) is 0 Å². The second-order valence-electron chi connectivity index (χ2n) is 8.26. The van der Waals surface area contributed by atoms with Gasteiger partial charge in [-0.15, -0.1) is 0 Å². The standard InChI is InChI=1S/C23H22Br2N6O2/c1-30-5-6-31(23(33)19-8-13-7-14(24)9-17(25)20(13)29-19)15(11-30)10-26-22(32)16-3-2-4-18-21(16)28-12-27-18/h2-4,7-9,12,15,29H,5-6,10-11H2,1H3,(H,26,32)(H,27,28). The van der Waals surface area contributed by atoms with Gasteiger partial charge in [0.25, 0.3) is 11.8 Å². The largest absolute Gasteiger partial charge is 0.350 e. The summed E-state index contributed by atoms with van der Waals surface area (Å²) in [6.07, 6.45) is 1.58. The number of nitrogens with one attached hydrogen (secondary N) is 3. The molecule has 170 valence electrons. The van der Waals surface area contributed by atoms with Crippen LogP contribution in [-0.4, -0.2) is 75.8 Å². The van der Waals surface area contributed by atoms with Crippen LogP contribution in [0, 0.1) is 0 Å². The number of halogens is 2. The van der Waals surface area contributed by atoms with E-state index in [1.165, 1.54) is 0 Å². The minimum absolute atomic E-state index is 0.0732. The Morgan fingerprint density at radius 1 is 1.21 bits per heavy atom. The predicted molar refractivity (Wildman–Crippen MR) is 134 cm³/mol. The van der Waals surface area contributed by atoms with Crippen LogP contribution in [-0.2, 0) is 0 Å². The first-order chi connectivity index (χ1) is 15.9. The van der Waals surface area contributed by atoms with Gasteiger partial charge < -0.3 is 25.1 Å². The molecule has 33 heavy (non-hydrogen) atoms. The van der Waals surface area contributed by atoms with Gasteiger partial charge in [0.05, 0.1) is 29.0 Å². The van der Waals surface area contributed by atoms with E-state index in [4.69, 9.17) is 0 Å². The first-order valence-corrected chi connectivity index (χ1v) is 12.2. The lowest BCUT2D eigenvalue weighted by Gasteiger charge is -2.40. The van der Waals surface area contributed by atoms with Gasteiger partial charge in [-0.25, -0.2) is 4.98 Å². The van der Waals surface area contributed by atoms with E-state index in [1.54, 1.807) is 12.4 Å². The fraction of sp³-hybridized carbons (Fsp3) is 0.261. The van der Waals surface area contributed by atoms with Crippen LogP contribution in [0.15, 0.2) is 51.7 Å². The van der Waals surface area contributed by atoms with Crippen LogP contribution in [0.1, 0.15) is 20.8 Å². The van der Waals surface area contributed by atoms with Gasteiger partial charge in [-0.1, -0.05) is 22.0 Å². The first-order valence-electron chi connectivity index (χ1n) is 10.6. The number of hydrogen-bond donors (Lipinski definition) is 3. The van der Waals surface area contributed by atoms with Crippen LogP contribution < -0.4 is 5.32 Å². The summed E-state index contributed by atoms with van der Waals surface area (Å²) in [6.45, 7) is 2.39. The van der Waals surface area contributed by atoms with Crippen molar-refractivity contribution in [3.63, 3.8) is 0 Å². The minimum Gasteiger partial charge on any atom is -0.350 e. The number of nitrogens with zero attached hydrogens (tertiary/aromatic N) is 3. The van der Waals surface area contributed by atoms with Gasteiger partial charge >= 0.3 is 0 Å². The number of aromatic amines is 2. The molecule has 0 bridgehead atoms. The molecule has 1 fully saturated rings. The maximum absolute atomic E-state index is 13.5. The molecule has 10 heteroatoms. The molecule has 2 aromatic heterocycles. The topological polar surface area (TPSA) is 97.1 Å². The van der Waals surface area contributed by atoms with E-state index in [9.17, 15) is 9.59 Å². The lowest BCUT2D eigenvalue weighted by atomic mass is 10.1. The fourth-order valence-electron chi connectivity index (χ4n) is 4.34. The molecule has 3 heterocycles. The molecule has 3 N–H and O–H groups in total. The molecule has 2 amide bonds. The van der Waals surface area contributed by atoms with Crippen LogP contribution >= 0.6 is 31.9 Å². The Bertz CT molecular complexity index is 1360. The Morgan fingerprint density at radius 3 is 2.91 bits per heavy atom. The molecule has 1 atom stereocenters. The molecule has 0 spiro atoms. The summed E-state index contributed by atoms with van der Waals surface area (Å²) < 4.78 is 1.83. The minimum atomic E-state index is -0.201. The number of benzene rings is 2. The molecule has 2 aromatic carbocycles. The van der Waals surface area contributed by atoms with Crippen LogP contribution in [0.25, 0.3) is 21.9 Å². The highest BCUT2D eigenvalue weighted by atomic mass is 79.9. The quantitative estimate of drug-likeness (QED) is 0.346. The lowest BCUT2D eigenvalue weighted by molar-refractivity contribution is 0.0488. The van der Waals surface area contributed by atoms with Crippen molar-refractivity contribution in [2.75, 3.05) is 33.2 Å². The lowest BCUT2D eigenvalue weighted by Crippen LogP contribution is -2.57. The summed E-state index contributed by atoms with van der Waals surface area (Å²) >= 11 is 7.05. The smallest absolute Gasteiger partial charge is 0.270 e. The average Bonchev–Trinajstić information content (AvgIpc) is 3.44. The van der Waals surface area contributed by atoms with Crippen molar-refractivity contribution in [1.82, 2.24) is 30.1 Å². The van der Waals surface area contributed by atoms with Crippen LogP contribution in [0.5, 0.6) is 0 Å². The van der Waals surface area contributed by atoms with Gasteiger partial charge in [-0.3, -0.25) is 9.59 Å². The van der Waals surface area contributed by atoms with E-state index >= 15 is 0 Å². The Hall–Kier alpha value is -2.69. The van der Waals surface area contributed by atoms with Crippen molar-refractivity contribution >= 4 is 65.6 Å². The highest BCUT2D eigenvalue weighted by Gasteiger charge is 2.31. The fourth-order valence-corrected chi connectivity index (χ4v) is 5.70. The molecule has 8 nitrogen and oxygen atoms in total. The normalized spacial score (nSPS) is 17.1. The molecule has 0 saturated carbocycles. The van der Waals surface area contributed by atoms with Gasteiger partial charge in [0.1, 0.15) is 11.2 Å². The van der Waals surface area contributed by atoms with E-state index < -0.39 is 0 Å². The molecule has 1 saturated heterocycles. The first kappa shape index (κ1) is 22.1. The number of imidazole rings is 1. The number of H-pyrrole nitrogens is 2. The molecule has 0 radical (unpaired) electrons. The van der Waals surface area contributed by atoms with Crippen molar-refractivity contribution < 1.29 is 9.59 Å². The molecule has 1 unspecified atom stereocenters. The zero-order valence-electron chi connectivity index (χ0n) is 17.9. The molecule has 1 aliphatic heterocycles. The summed E-state index contributed by atoms with van der Waals surface area (Å²) in [4.78, 5) is 40.9. The summed E-state index contributed by atoms with van der Waals surface area (Å²) in [6, 6.07) is 11.1. The number of carbonyl (C=O) groups excluding carboxylic acids is 2. The van der Waals surface area contributed by atoms with Crippen molar-refractivity contribution in [3.05, 3.63) is 62.9 Å². The second kappa shape index (κ2) is 8.92. The van der Waals surface area contributed by atoms with Crippen molar-refractivity contribution in [2.24, 2.45) is 0 Å². The van der Waals surface area contributed by atoms with Gasteiger partial charge in [-0.2, -0.15) is 0 Å². The second-order valence-corrected chi connectivity index (χ2v) is 10.0. The van der Waals surface area contributed by atoms with Gasteiger partial charge in [-0.05, 0) is 53.3 Å². The third-order valence-corrected chi connectivity index (χ3v) is 7.10. The number of hydrogen-bond acceptors (Lipinski definition) is 4. The van der Waals surface area contributed by atoms with Gasteiger partial charge in [0.15, 0.2) is 0 Å². The Kier molecular flexibility index (Phi) is 5.98. The number of rotatable bonds is 4. The maximum atomic E-state index is 13.5. The van der Waals surface area contributed by atoms with E-state index in [0.29, 0.717) is 36.4 Å². The van der Waals surface area contributed by atoms with Crippen molar-refractivity contribution in [2.45, 2.75) is 6.04 Å². The monoisotopic (exact) mass is 572 g/mol. The maximum Gasteiger partial charge on any atom is 0.270 e. The van der Waals surface area contributed by atoms with E-state index in [-0.39, 0.29) is 17.9 Å². The number of carbonyl (C=O) groups is 2. The number of aromatic nitrogens is 3. The van der Waals surface area contributed by atoms with Gasteiger partial charge in [0, 0.05) is 40.5 Å². The number of fused-ring (bicyclic) bond motifs is 2. The summed E-state index contributed by atoms with van der Waals surface area (Å²) in [5.74, 6) is -0.274. The summed E-state index contributed by atoms with van der Waals surface area (Å²) in [5, 5.41) is 3.96. The van der Waals surface area contributed by atoms with Gasteiger partial charge in [0.2, 0.25) is 0 Å². The zero-order chi connectivity index (χ0) is 23.1.